The maximum absolute atomic E-state index is 13.0. The second kappa shape index (κ2) is 6.95. The number of rotatable bonds is 3. The zero-order valence-corrected chi connectivity index (χ0v) is 13.6. The Hall–Kier alpha value is -2.15. The van der Waals surface area contributed by atoms with Crippen LogP contribution >= 0.6 is 11.3 Å². The van der Waals surface area contributed by atoms with Crippen LogP contribution in [0.15, 0.2) is 29.6 Å². The van der Waals surface area contributed by atoms with E-state index in [1.165, 1.54) is 30.6 Å². The van der Waals surface area contributed by atoms with E-state index in [9.17, 15) is 9.18 Å². The van der Waals surface area contributed by atoms with Crippen molar-refractivity contribution in [3.05, 3.63) is 35.5 Å². The van der Waals surface area contributed by atoms with Crippen molar-refractivity contribution in [1.82, 2.24) is 9.88 Å². The Labute approximate surface area is 138 Å². The maximum Gasteiger partial charge on any atom is 0.409 e. The number of piperidine rings is 1. The second-order valence-corrected chi connectivity index (χ2v) is 6.30. The van der Waals surface area contributed by atoms with Crippen molar-refractivity contribution in [2.24, 2.45) is 0 Å². The number of anilines is 1. The van der Waals surface area contributed by atoms with Gasteiger partial charge in [0.1, 0.15) is 5.82 Å². The lowest BCUT2D eigenvalue weighted by atomic mass is 10.1. The normalized spacial score (nSPS) is 17.8. The van der Waals surface area contributed by atoms with Gasteiger partial charge in [-0.15, -0.1) is 11.3 Å². The number of benzene rings is 1. The molecule has 0 bridgehead atoms. The SMILES string of the molecule is COC(=O)N1CCCC(Nc2nc(-c3ccc(F)cc3)cs2)C1. The number of nitrogens with zero attached hydrogens (tertiary/aromatic N) is 2. The molecule has 1 saturated heterocycles. The number of aromatic nitrogens is 1. The average Bonchev–Trinajstić information content (AvgIpc) is 3.03. The molecule has 1 aromatic carbocycles. The molecule has 23 heavy (non-hydrogen) atoms. The van der Waals surface area contributed by atoms with Gasteiger partial charge in [-0.2, -0.15) is 0 Å². The molecule has 7 heteroatoms. The van der Waals surface area contributed by atoms with E-state index in [0.717, 1.165) is 35.8 Å². The van der Waals surface area contributed by atoms with E-state index in [1.807, 2.05) is 5.38 Å². The number of thiazole rings is 1. The summed E-state index contributed by atoms with van der Waals surface area (Å²) in [6.07, 6.45) is 1.63. The summed E-state index contributed by atoms with van der Waals surface area (Å²) in [5.41, 5.74) is 1.70. The van der Waals surface area contributed by atoms with E-state index < -0.39 is 0 Å². The Balaban J connectivity index is 1.64. The summed E-state index contributed by atoms with van der Waals surface area (Å²) in [7, 11) is 1.40. The van der Waals surface area contributed by atoms with Crippen molar-refractivity contribution in [3.63, 3.8) is 0 Å². The van der Waals surface area contributed by atoms with Gasteiger partial charge in [-0.05, 0) is 37.1 Å². The molecule has 1 aliphatic heterocycles. The number of hydrogen-bond acceptors (Lipinski definition) is 5. The molecule has 2 aromatic rings. The summed E-state index contributed by atoms with van der Waals surface area (Å²) in [5.74, 6) is -0.257. The molecule has 1 fully saturated rings. The van der Waals surface area contributed by atoms with E-state index in [4.69, 9.17) is 4.74 Å². The number of methoxy groups -OCH3 is 1. The second-order valence-electron chi connectivity index (χ2n) is 5.44. The van der Waals surface area contributed by atoms with Gasteiger partial charge in [0.05, 0.1) is 12.8 Å². The summed E-state index contributed by atoms with van der Waals surface area (Å²) in [5, 5.41) is 6.12. The van der Waals surface area contributed by atoms with Crippen molar-refractivity contribution in [3.8, 4) is 11.3 Å². The van der Waals surface area contributed by atoms with Gasteiger partial charge in [0.15, 0.2) is 5.13 Å². The van der Waals surface area contributed by atoms with Gasteiger partial charge in [-0.3, -0.25) is 0 Å². The van der Waals surface area contributed by atoms with E-state index in [0.29, 0.717) is 6.54 Å². The molecule has 3 rings (SSSR count). The molecule has 1 unspecified atom stereocenters. The highest BCUT2D eigenvalue weighted by Gasteiger charge is 2.24. The number of carbonyl (C=O) groups is 1. The summed E-state index contributed by atoms with van der Waals surface area (Å²) in [6, 6.07) is 6.45. The van der Waals surface area contributed by atoms with Crippen LogP contribution in [0.1, 0.15) is 12.8 Å². The number of hydrogen-bond donors (Lipinski definition) is 1. The van der Waals surface area contributed by atoms with Gasteiger partial charge < -0.3 is 15.0 Å². The Morgan fingerprint density at radius 1 is 1.43 bits per heavy atom. The third-order valence-electron chi connectivity index (χ3n) is 3.83. The molecule has 122 valence electrons. The molecule has 0 saturated carbocycles. The number of ether oxygens (including phenoxy) is 1. The van der Waals surface area contributed by atoms with Crippen LogP contribution in [-0.4, -0.2) is 42.2 Å². The summed E-state index contributed by atoms with van der Waals surface area (Å²) in [4.78, 5) is 17.9. The molecule has 2 heterocycles. The van der Waals surface area contributed by atoms with E-state index in [1.54, 1.807) is 17.0 Å². The third-order valence-corrected chi connectivity index (χ3v) is 4.60. The Kier molecular flexibility index (Phi) is 4.76. The number of amides is 1. The van der Waals surface area contributed by atoms with Crippen molar-refractivity contribution < 1.29 is 13.9 Å². The molecule has 0 spiro atoms. The van der Waals surface area contributed by atoms with E-state index in [2.05, 4.69) is 10.3 Å². The lowest BCUT2D eigenvalue weighted by Crippen LogP contribution is -2.45. The first kappa shape index (κ1) is 15.7. The Bertz CT molecular complexity index is 674. The monoisotopic (exact) mass is 335 g/mol. The van der Waals surface area contributed by atoms with Gasteiger partial charge in [-0.25, -0.2) is 14.2 Å². The molecular weight excluding hydrogens is 317 g/mol. The molecule has 5 nitrogen and oxygen atoms in total. The molecule has 1 N–H and O–H groups in total. The van der Waals surface area contributed by atoms with Crippen LogP contribution < -0.4 is 5.32 Å². The minimum absolute atomic E-state index is 0.162. The predicted molar refractivity (Wildman–Crippen MR) is 88.1 cm³/mol. The highest BCUT2D eigenvalue weighted by molar-refractivity contribution is 7.14. The van der Waals surface area contributed by atoms with Gasteiger partial charge in [0.2, 0.25) is 0 Å². The lowest BCUT2D eigenvalue weighted by molar-refractivity contribution is 0.113. The van der Waals surface area contributed by atoms with Crippen LogP contribution in [0.25, 0.3) is 11.3 Å². The molecule has 0 aliphatic carbocycles. The molecular formula is C16H18FN3O2S. The topological polar surface area (TPSA) is 54.5 Å². The molecule has 1 atom stereocenters. The summed E-state index contributed by atoms with van der Waals surface area (Å²) in [6.45, 7) is 1.34. The quantitative estimate of drug-likeness (QED) is 0.931. The van der Waals surface area contributed by atoms with Crippen LogP contribution in [0, 0.1) is 5.82 Å². The Morgan fingerprint density at radius 2 is 2.22 bits per heavy atom. The third kappa shape index (κ3) is 3.79. The minimum Gasteiger partial charge on any atom is -0.453 e. The van der Waals surface area contributed by atoms with Crippen molar-refractivity contribution >= 4 is 22.6 Å². The van der Waals surface area contributed by atoms with Crippen LogP contribution in [0.2, 0.25) is 0 Å². The molecule has 0 radical (unpaired) electrons. The molecule has 1 aliphatic rings. The first-order valence-corrected chi connectivity index (χ1v) is 8.34. The first-order chi connectivity index (χ1) is 11.2. The van der Waals surface area contributed by atoms with Gasteiger partial charge in [0.25, 0.3) is 0 Å². The van der Waals surface area contributed by atoms with Crippen LogP contribution in [-0.2, 0) is 4.74 Å². The predicted octanol–water partition coefficient (Wildman–Crippen LogP) is 3.59. The number of halogens is 1. The van der Waals surface area contributed by atoms with Crippen LogP contribution in [0.4, 0.5) is 14.3 Å². The zero-order chi connectivity index (χ0) is 16.2. The Morgan fingerprint density at radius 3 is 2.96 bits per heavy atom. The number of carbonyl (C=O) groups excluding carboxylic acids is 1. The summed E-state index contributed by atoms with van der Waals surface area (Å²) >= 11 is 1.51. The van der Waals surface area contributed by atoms with Gasteiger partial charge in [-0.1, -0.05) is 0 Å². The van der Waals surface area contributed by atoms with Crippen molar-refractivity contribution in [2.75, 3.05) is 25.5 Å². The average molecular weight is 335 g/mol. The largest absolute Gasteiger partial charge is 0.453 e. The van der Waals surface area contributed by atoms with Crippen LogP contribution in [0.5, 0.6) is 0 Å². The van der Waals surface area contributed by atoms with Gasteiger partial charge >= 0.3 is 6.09 Å². The van der Waals surface area contributed by atoms with Crippen LogP contribution in [0.3, 0.4) is 0 Å². The highest BCUT2D eigenvalue weighted by atomic mass is 32.1. The fourth-order valence-electron chi connectivity index (χ4n) is 2.66. The lowest BCUT2D eigenvalue weighted by Gasteiger charge is -2.31. The van der Waals surface area contributed by atoms with Crippen molar-refractivity contribution in [1.29, 1.82) is 0 Å². The molecule has 1 amide bonds. The summed E-state index contributed by atoms with van der Waals surface area (Å²) < 4.78 is 17.8. The smallest absolute Gasteiger partial charge is 0.409 e. The van der Waals surface area contributed by atoms with E-state index in [-0.39, 0.29) is 18.0 Å². The molecule has 1 aromatic heterocycles. The standard InChI is InChI=1S/C16H18FN3O2S/c1-22-16(21)20-8-2-3-13(9-20)18-15-19-14(10-23-15)11-4-6-12(17)7-5-11/h4-7,10,13H,2-3,8-9H2,1H3,(H,18,19). The van der Waals surface area contributed by atoms with E-state index >= 15 is 0 Å². The maximum atomic E-state index is 13.0. The minimum atomic E-state index is -0.289. The fourth-order valence-corrected chi connectivity index (χ4v) is 3.46. The number of nitrogens with one attached hydrogen (secondary N) is 1. The first-order valence-electron chi connectivity index (χ1n) is 7.46. The number of likely N-dealkylation sites (tertiary alicyclic amines) is 1. The zero-order valence-electron chi connectivity index (χ0n) is 12.8. The van der Waals surface area contributed by atoms with Crippen molar-refractivity contribution in [2.45, 2.75) is 18.9 Å². The highest BCUT2D eigenvalue weighted by Crippen LogP contribution is 2.26. The van der Waals surface area contributed by atoms with Gasteiger partial charge in [0, 0.05) is 30.1 Å². The fraction of sp³-hybridized carbons (Fsp3) is 0.375.